The Morgan fingerprint density at radius 2 is 1.90 bits per heavy atom. The molecule has 212 valence electrons. The third-order valence-corrected chi connectivity index (χ3v) is 7.71. The zero-order valence-corrected chi connectivity index (χ0v) is 24.6. The highest BCUT2D eigenvalue weighted by Crippen LogP contribution is 2.36. The number of methoxy groups -OCH3 is 1. The molecule has 1 aliphatic heterocycles. The summed E-state index contributed by atoms with van der Waals surface area (Å²) in [6.45, 7) is 9.45. The van der Waals surface area contributed by atoms with Gasteiger partial charge in [-0.3, -0.25) is 9.59 Å². The molecule has 3 aromatic carbocycles. The summed E-state index contributed by atoms with van der Waals surface area (Å²) in [5.41, 5.74) is 13.2. The van der Waals surface area contributed by atoms with Crippen LogP contribution in [-0.4, -0.2) is 28.7 Å². The maximum absolute atomic E-state index is 12.8. The van der Waals surface area contributed by atoms with Crippen molar-refractivity contribution >= 4 is 34.9 Å². The van der Waals surface area contributed by atoms with Crippen LogP contribution in [0, 0.1) is 6.92 Å². The lowest BCUT2D eigenvalue weighted by molar-refractivity contribution is 0.0946. The van der Waals surface area contributed by atoms with Gasteiger partial charge in [-0.25, -0.2) is 4.68 Å². The summed E-state index contributed by atoms with van der Waals surface area (Å²) in [6.07, 6.45) is 0.771. The molecule has 4 aromatic rings. The molecule has 1 aromatic heterocycles. The Labute approximate surface area is 244 Å². The fraction of sp³-hybridized carbons (Fsp3) is 0.281. The van der Waals surface area contributed by atoms with E-state index in [0.29, 0.717) is 46.5 Å². The number of rotatable bonds is 6. The van der Waals surface area contributed by atoms with Crippen LogP contribution in [0.4, 0.5) is 11.5 Å². The fourth-order valence-corrected chi connectivity index (χ4v) is 5.27. The topological polar surface area (TPSA) is 111 Å². The third-order valence-electron chi connectivity index (χ3n) is 7.48. The standard InChI is InChI=1S/C32H34ClN5O3/c1-18-14-20(6-7-21(18)17-35-31(40)24-16-23(33)9-11-26(24)41-5)28-27(29(34)39)30-36-25-10-8-22(32(2,3)4)15-19(25)12-13-38(30)37-28/h6-11,14-16,36H,12-13,17H2,1-5H3,(H2,34,39)(H,35,40). The molecule has 0 radical (unpaired) electrons. The number of carbonyl (C=O) groups is 2. The van der Waals surface area contributed by atoms with Gasteiger partial charge in [0.15, 0.2) is 0 Å². The number of nitrogens with one attached hydrogen (secondary N) is 2. The second-order valence-corrected chi connectivity index (χ2v) is 11.8. The van der Waals surface area contributed by atoms with E-state index >= 15 is 0 Å². The van der Waals surface area contributed by atoms with Gasteiger partial charge in [0.05, 0.1) is 12.7 Å². The van der Waals surface area contributed by atoms with Crippen molar-refractivity contribution in [2.24, 2.45) is 5.73 Å². The first-order valence-corrected chi connectivity index (χ1v) is 13.9. The lowest BCUT2D eigenvalue weighted by Crippen LogP contribution is -2.23. The normalized spacial score (nSPS) is 12.5. The number of primary amides is 1. The van der Waals surface area contributed by atoms with Gasteiger partial charge < -0.3 is 21.1 Å². The van der Waals surface area contributed by atoms with Crippen LogP contribution in [0.2, 0.25) is 5.02 Å². The lowest BCUT2D eigenvalue weighted by atomic mass is 9.85. The van der Waals surface area contributed by atoms with Crippen molar-refractivity contribution in [3.8, 4) is 17.0 Å². The summed E-state index contributed by atoms with van der Waals surface area (Å²) < 4.78 is 7.13. The maximum atomic E-state index is 12.8. The minimum Gasteiger partial charge on any atom is -0.496 e. The van der Waals surface area contributed by atoms with Crippen LogP contribution in [-0.2, 0) is 24.9 Å². The van der Waals surface area contributed by atoms with Crippen LogP contribution in [0.25, 0.3) is 11.3 Å². The number of nitrogens with two attached hydrogens (primary N) is 1. The van der Waals surface area contributed by atoms with Gasteiger partial charge in [0.25, 0.3) is 11.8 Å². The smallest absolute Gasteiger partial charge is 0.255 e. The Bertz CT molecular complexity index is 1670. The first kappa shape index (κ1) is 28.2. The van der Waals surface area contributed by atoms with Crippen LogP contribution in [0.3, 0.4) is 0 Å². The van der Waals surface area contributed by atoms with Crippen LogP contribution in [0.1, 0.15) is 63.7 Å². The number of carbonyl (C=O) groups excluding carboxylic acids is 2. The second kappa shape index (κ2) is 10.9. The molecule has 0 unspecified atom stereocenters. The number of aryl methyl sites for hydroxylation is 3. The number of hydrogen-bond donors (Lipinski definition) is 3. The van der Waals surface area contributed by atoms with Crippen LogP contribution in [0.5, 0.6) is 5.75 Å². The van der Waals surface area contributed by atoms with Gasteiger partial charge in [0, 0.05) is 29.4 Å². The summed E-state index contributed by atoms with van der Waals surface area (Å²) in [4.78, 5) is 25.6. The quantitative estimate of drug-likeness (QED) is 0.257. The molecule has 0 aliphatic carbocycles. The summed E-state index contributed by atoms with van der Waals surface area (Å²) in [7, 11) is 1.51. The van der Waals surface area contributed by atoms with E-state index in [4.69, 9.17) is 27.2 Å². The molecule has 0 atom stereocenters. The number of aromatic nitrogens is 2. The molecule has 8 nitrogen and oxygen atoms in total. The number of anilines is 2. The first-order chi connectivity index (χ1) is 19.5. The van der Waals surface area contributed by atoms with Gasteiger partial charge in [0.1, 0.15) is 22.8 Å². The van der Waals surface area contributed by atoms with Gasteiger partial charge in [0.2, 0.25) is 0 Å². The van der Waals surface area contributed by atoms with E-state index in [0.717, 1.165) is 28.8 Å². The molecular formula is C32H34ClN5O3. The van der Waals surface area contributed by atoms with Crippen LogP contribution in [0.15, 0.2) is 54.6 Å². The number of nitrogens with zero attached hydrogens (tertiary/aromatic N) is 2. The van der Waals surface area contributed by atoms with Crippen molar-refractivity contribution < 1.29 is 14.3 Å². The number of hydrogen-bond acceptors (Lipinski definition) is 5. The Hall–Kier alpha value is -4.30. The number of amides is 2. The highest BCUT2D eigenvalue weighted by molar-refractivity contribution is 6.31. The summed E-state index contributed by atoms with van der Waals surface area (Å²) in [5.74, 6) is 0.207. The molecule has 5 rings (SSSR count). The predicted molar refractivity (Wildman–Crippen MR) is 162 cm³/mol. The van der Waals surface area contributed by atoms with Crippen molar-refractivity contribution in [2.75, 3.05) is 12.4 Å². The molecule has 2 heterocycles. The molecule has 0 saturated heterocycles. The van der Waals surface area contributed by atoms with Gasteiger partial charge >= 0.3 is 0 Å². The van der Waals surface area contributed by atoms with Gasteiger partial charge in [-0.1, -0.05) is 56.6 Å². The molecule has 0 saturated carbocycles. The van der Waals surface area contributed by atoms with E-state index in [9.17, 15) is 9.59 Å². The maximum Gasteiger partial charge on any atom is 0.255 e. The molecule has 0 bridgehead atoms. The molecule has 4 N–H and O–H groups in total. The molecule has 0 spiro atoms. The average molecular weight is 572 g/mol. The van der Waals surface area contributed by atoms with E-state index in [1.807, 2.05) is 29.8 Å². The Kier molecular flexibility index (Phi) is 7.53. The summed E-state index contributed by atoms with van der Waals surface area (Å²) in [6, 6.07) is 17.1. The van der Waals surface area contributed by atoms with E-state index in [1.54, 1.807) is 18.2 Å². The Morgan fingerprint density at radius 1 is 1.12 bits per heavy atom. The highest BCUT2D eigenvalue weighted by Gasteiger charge is 2.27. The monoisotopic (exact) mass is 571 g/mol. The van der Waals surface area contributed by atoms with Gasteiger partial charge in [-0.05, 0) is 71.3 Å². The second-order valence-electron chi connectivity index (χ2n) is 11.3. The highest BCUT2D eigenvalue weighted by atomic mass is 35.5. The van der Waals surface area contributed by atoms with Gasteiger partial charge in [-0.15, -0.1) is 0 Å². The lowest BCUT2D eigenvalue weighted by Gasteiger charge is -2.21. The Morgan fingerprint density at radius 3 is 2.59 bits per heavy atom. The van der Waals surface area contributed by atoms with Crippen LogP contribution < -0.4 is 21.1 Å². The third kappa shape index (κ3) is 5.65. The SMILES string of the molecule is COc1ccc(Cl)cc1C(=O)NCc1ccc(-c2nn3c(c2C(N)=O)Nc2ccc(C(C)(C)C)cc2CC3)cc1C. The van der Waals surface area contributed by atoms with Crippen molar-refractivity contribution in [1.29, 1.82) is 0 Å². The van der Waals surface area contributed by atoms with E-state index < -0.39 is 5.91 Å². The van der Waals surface area contributed by atoms with E-state index in [1.165, 1.54) is 18.2 Å². The molecule has 9 heteroatoms. The number of ether oxygens (including phenoxy) is 1. The van der Waals surface area contributed by atoms with Crippen molar-refractivity contribution in [3.63, 3.8) is 0 Å². The molecule has 41 heavy (non-hydrogen) atoms. The molecule has 1 aliphatic rings. The van der Waals surface area contributed by atoms with Crippen molar-refractivity contribution in [1.82, 2.24) is 15.1 Å². The number of fused-ring (bicyclic) bond motifs is 2. The number of halogens is 1. The zero-order valence-electron chi connectivity index (χ0n) is 23.9. The number of benzene rings is 3. The van der Waals surface area contributed by atoms with Crippen LogP contribution >= 0.6 is 11.6 Å². The van der Waals surface area contributed by atoms with Crippen molar-refractivity contribution in [3.05, 3.63) is 93.0 Å². The molecular weight excluding hydrogens is 538 g/mol. The molecule has 2 amide bonds. The first-order valence-electron chi connectivity index (χ1n) is 13.5. The predicted octanol–water partition coefficient (Wildman–Crippen LogP) is 6.15. The summed E-state index contributed by atoms with van der Waals surface area (Å²) in [5, 5.41) is 11.7. The Balaban J connectivity index is 1.41. The van der Waals surface area contributed by atoms with Crippen molar-refractivity contribution in [2.45, 2.75) is 52.6 Å². The van der Waals surface area contributed by atoms with E-state index in [-0.39, 0.29) is 11.3 Å². The fourth-order valence-electron chi connectivity index (χ4n) is 5.10. The zero-order chi connectivity index (χ0) is 29.5. The minimum absolute atomic E-state index is 0.0371. The minimum atomic E-state index is -0.548. The largest absolute Gasteiger partial charge is 0.496 e. The van der Waals surface area contributed by atoms with E-state index in [2.05, 4.69) is 49.6 Å². The molecule has 0 fully saturated rings. The average Bonchev–Trinajstić information content (AvgIpc) is 3.19. The summed E-state index contributed by atoms with van der Waals surface area (Å²) >= 11 is 6.08. The van der Waals surface area contributed by atoms with Gasteiger partial charge in [-0.2, -0.15) is 5.10 Å².